The number of hydrogen-bond donors (Lipinski definition) is 0. The Kier molecular flexibility index (Phi) is 2.90. The van der Waals surface area contributed by atoms with Gasteiger partial charge in [0.25, 0.3) is 0 Å². The first-order valence-electron chi connectivity index (χ1n) is 5.20. The van der Waals surface area contributed by atoms with Crippen molar-refractivity contribution in [1.29, 1.82) is 0 Å². The molecule has 5 heteroatoms. The first kappa shape index (κ1) is 11.2. The Bertz CT molecular complexity index is 617. The van der Waals surface area contributed by atoms with E-state index in [1.807, 2.05) is 25.1 Å². The van der Waals surface area contributed by atoms with Crippen molar-refractivity contribution in [3.05, 3.63) is 34.8 Å². The number of benzene rings is 1. The molecule has 3 aromatic rings. The highest BCUT2D eigenvalue weighted by atomic mass is 32.2. The van der Waals surface area contributed by atoms with Gasteiger partial charge in [-0.25, -0.2) is 9.97 Å². The van der Waals surface area contributed by atoms with Crippen LogP contribution in [0, 0.1) is 13.8 Å². The van der Waals surface area contributed by atoms with E-state index in [0.717, 1.165) is 19.9 Å². The van der Waals surface area contributed by atoms with E-state index in [9.17, 15) is 0 Å². The van der Waals surface area contributed by atoms with E-state index in [1.54, 1.807) is 34.4 Å². The molecule has 0 unspecified atom stereocenters. The smallest absolute Gasteiger partial charge is 0.158 e. The number of aromatic nitrogens is 2. The summed E-state index contributed by atoms with van der Waals surface area (Å²) < 4.78 is 3.39. The summed E-state index contributed by atoms with van der Waals surface area (Å²) in [7, 11) is 0. The van der Waals surface area contributed by atoms with Gasteiger partial charge in [-0.3, -0.25) is 0 Å². The van der Waals surface area contributed by atoms with Crippen molar-refractivity contribution in [3.8, 4) is 0 Å². The van der Waals surface area contributed by atoms with E-state index < -0.39 is 0 Å². The minimum atomic E-state index is 1.07. The average Bonchev–Trinajstić information content (AvgIpc) is 2.83. The molecule has 0 atom stereocenters. The summed E-state index contributed by atoms with van der Waals surface area (Å²) in [4.78, 5) is 10.4. The van der Waals surface area contributed by atoms with E-state index >= 15 is 0 Å². The van der Waals surface area contributed by atoms with Gasteiger partial charge in [0.05, 0.1) is 15.9 Å². The van der Waals surface area contributed by atoms with Gasteiger partial charge in [-0.2, -0.15) is 0 Å². The van der Waals surface area contributed by atoms with Gasteiger partial charge in [-0.1, -0.05) is 12.1 Å². The van der Waals surface area contributed by atoms with Crippen LogP contribution < -0.4 is 0 Å². The van der Waals surface area contributed by atoms with Crippen molar-refractivity contribution >= 4 is 44.7 Å². The van der Waals surface area contributed by atoms with Crippen LogP contribution in [0.1, 0.15) is 10.6 Å². The van der Waals surface area contributed by atoms with Gasteiger partial charge in [-0.05, 0) is 37.7 Å². The number of nitrogens with zero attached hydrogens (tertiary/aromatic N) is 2. The third kappa shape index (κ3) is 2.22. The summed E-state index contributed by atoms with van der Waals surface area (Å²) in [5.74, 6) is 0. The second kappa shape index (κ2) is 4.40. The lowest BCUT2D eigenvalue weighted by Gasteiger charge is -1.87. The Hall–Kier alpha value is -0.910. The Morgan fingerprint density at radius 3 is 2.47 bits per heavy atom. The standard InChI is InChI=1S/C12H10N2S3/c1-7-8(2)15-11(13-7)17-12-14-9-5-3-4-6-10(9)16-12/h3-6H,1-2H3. The largest absolute Gasteiger partial charge is 0.234 e. The summed E-state index contributed by atoms with van der Waals surface area (Å²) in [6.07, 6.45) is 0. The fourth-order valence-corrected chi connectivity index (χ4v) is 4.88. The minimum Gasteiger partial charge on any atom is -0.234 e. The van der Waals surface area contributed by atoms with E-state index in [-0.39, 0.29) is 0 Å². The van der Waals surface area contributed by atoms with E-state index in [1.165, 1.54) is 9.58 Å². The molecule has 1 aromatic carbocycles. The highest BCUT2D eigenvalue weighted by molar-refractivity contribution is 8.02. The molecule has 17 heavy (non-hydrogen) atoms. The molecule has 0 fully saturated rings. The Morgan fingerprint density at radius 2 is 1.76 bits per heavy atom. The van der Waals surface area contributed by atoms with Crippen LogP contribution in [-0.4, -0.2) is 9.97 Å². The number of thiazole rings is 2. The normalized spacial score (nSPS) is 11.2. The third-order valence-corrected chi connectivity index (χ3v) is 5.69. The zero-order valence-corrected chi connectivity index (χ0v) is 11.9. The first-order valence-corrected chi connectivity index (χ1v) is 7.65. The summed E-state index contributed by atoms with van der Waals surface area (Å²) in [5, 5.41) is 0. The molecule has 0 saturated carbocycles. The monoisotopic (exact) mass is 278 g/mol. The van der Waals surface area contributed by atoms with Gasteiger partial charge in [0, 0.05) is 4.88 Å². The van der Waals surface area contributed by atoms with Gasteiger partial charge < -0.3 is 0 Å². The van der Waals surface area contributed by atoms with Crippen LogP contribution in [-0.2, 0) is 0 Å². The molecule has 3 rings (SSSR count). The number of para-hydroxylation sites is 1. The molecule has 0 aliphatic heterocycles. The third-order valence-electron chi connectivity index (χ3n) is 2.46. The number of fused-ring (bicyclic) bond motifs is 1. The summed E-state index contributed by atoms with van der Waals surface area (Å²) in [6, 6.07) is 8.23. The fourth-order valence-electron chi connectivity index (χ4n) is 1.46. The summed E-state index contributed by atoms with van der Waals surface area (Å²) in [5.41, 5.74) is 2.20. The molecule has 0 N–H and O–H groups in total. The molecule has 0 aliphatic rings. The molecule has 0 saturated heterocycles. The first-order chi connectivity index (χ1) is 8.22. The lowest BCUT2D eigenvalue weighted by atomic mass is 10.3. The molecular formula is C12H10N2S3. The second-order valence-corrected chi connectivity index (χ2v) is 7.40. The van der Waals surface area contributed by atoms with Crippen molar-refractivity contribution in [2.45, 2.75) is 22.5 Å². The molecule has 2 nitrogen and oxygen atoms in total. The summed E-state index contributed by atoms with van der Waals surface area (Å²) in [6.45, 7) is 4.16. The van der Waals surface area contributed by atoms with Crippen LogP contribution in [0.25, 0.3) is 10.2 Å². The molecular weight excluding hydrogens is 268 g/mol. The van der Waals surface area contributed by atoms with E-state index in [4.69, 9.17) is 0 Å². The van der Waals surface area contributed by atoms with Gasteiger partial charge in [0.15, 0.2) is 8.68 Å². The van der Waals surface area contributed by atoms with Crippen LogP contribution >= 0.6 is 34.4 Å². The molecule has 86 valence electrons. The van der Waals surface area contributed by atoms with Crippen LogP contribution in [0.2, 0.25) is 0 Å². The van der Waals surface area contributed by atoms with E-state index in [2.05, 4.69) is 23.0 Å². The van der Waals surface area contributed by atoms with E-state index in [0.29, 0.717) is 0 Å². The van der Waals surface area contributed by atoms with Gasteiger partial charge in [0.2, 0.25) is 0 Å². The highest BCUT2D eigenvalue weighted by Gasteiger charge is 2.09. The molecule has 0 bridgehead atoms. The predicted molar refractivity (Wildman–Crippen MR) is 75.3 cm³/mol. The van der Waals surface area contributed by atoms with Gasteiger partial charge in [0.1, 0.15) is 0 Å². The van der Waals surface area contributed by atoms with Crippen molar-refractivity contribution in [2.75, 3.05) is 0 Å². The quantitative estimate of drug-likeness (QED) is 0.689. The minimum absolute atomic E-state index is 1.07. The molecule has 0 aliphatic carbocycles. The SMILES string of the molecule is Cc1nc(Sc2nc3ccccc3s2)sc1C. The molecule has 0 amide bonds. The van der Waals surface area contributed by atoms with Crippen molar-refractivity contribution in [2.24, 2.45) is 0 Å². The molecule has 0 spiro atoms. The van der Waals surface area contributed by atoms with Crippen molar-refractivity contribution in [3.63, 3.8) is 0 Å². The second-order valence-electron chi connectivity index (χ2n) is 3.67. The van der Waals surface area contributed by atoms with Crippen molar-refractivity contribution < 1.29 is 0 Å². The lowest BCUT2D eigenvalue weighted by molar-refractivity contribution is 1.14. The number of hydrogen-bond acceptors (Lipinski definition) is 5. The molecule has 2 heterocycles. The average molecular weight is 278 g/mol. The van der Waals surface area contributed by atoms with Crippen LogP contribution in [0.15, 0.2) is 32.9 Å². The van der Waals surface area contributed by atoms with Crippen molar-refractivity contribution in [1.82, 2.24) is 9.97 Å². The van der Waals surface area contributed by atoms with Crippen LogP contribution in [0.3, 0.4) is 0 Å². The zero-order chi connectivity index (χ0) is 11.8. The summed E-state index contributed by atoms with van der Waals surface area (Å²) >= 11 is 5.13. The Morgan fingerprint density at radius 1 is 1.00 bits per heavy atom. The van der Waals surface area contributed by atoms with Gasteiger partial charge in [-0.15, -0.1) is 22.7 Å². The number of aryl methyl sites for hydroxylation is 2. The number of rotatable bonds is 2. The maximum absolute atomic E-state index is 4.60. The zero-order valence-electron chi connectivity index (χ0n) is 9.43. The molecule has 2 aromatic heterocycles. The lowest BCUT2D eigenvalue weighted by Crippen LogP contribution is -1.73. The van der Waals surface area contributed by atoms with Gasteiger partial charge >= 0.3 is 0 Å². The Labute approximate surface area is 112 Å². The Balaban J connectivity index is 1.94. The maximum Gasteiger partial charge on any atom is 0.158 e. The molecule has 0 radical (unpaired) electrons. The topological polar surface area (TPSA) is 25.8 Å². The van der Waals surface area contributed by atoms with Crippen LogP contribution in [0.5, 0.6) is 0 Å². The van der Waals surface area contributed by atoms with Crippen LogP contribution in [0.4, 0.5) is 0 Å². The fraction of sp³-hybridized carbons (Fsp3) is 0.167. The maximum atomic E-state index is 4.60. The highest BCUT2D eigenvalue weighted by Crippen LogP contribution is 2.36. The predicted octanol–water partition coefficient (Wildman–Crippen LogP) is 4.52.